The summed E-state index contributed by atoms with van der Waals surface area (Å²) in [5.41, 5.74) is 6.63. The molecule has 0 bridgehead atoms. The molecule has 0 fully saturated rings. The van der Waals surface area contributed by atoms with Gasteiger partial charge in [-0.2, -0.15) is 9.59 Å². The Morgan fingerprint density at radius 1 is 0.811 bits per heavy atom. The van der Waals surface area contributed by atoms with E-state index in [1.54, 1.807) is 0 Å². The molecule has 0 saturated heterocycles. The molecular weight excluding hydrogens is 460 g/mol. The van der Waals surface area contributed by atoms with Crippen LogP contribution < -0.4 is 5.32 Å². The second kappa shape index (κ2) is 12.3. The van der Waals surface area contributed by atoms with Crippen LogP contribution in [-0.4, -0.2) is 16.6 Å². The maximum Gasteiger partial charge on any atom is 0.373 e. The van der Waals surface area contributed by atoms with Gasteiger partial charge in [0.15, 0.2) is 0 Å². The van der Waals surface area contributed by atoms with Crippen LogP contribution in [0, 0.1) is 0 Å². The molecule has 0 aliphatic heterocycles. The van der Waals surface area contributed by atoms with E-state index in [2.05, 4.69) is 89.7 Å². The first-order valence-corrected chi connectivity index (χ1v) is 12.2. The molecule has 0 saturated carbocycles. The van der Waals surface area contributed by atoms with Gasteiger partial charge in [-0.1, -0.05) is 91.9 Å². The smallest absolute Gasteiger partial charge is 0.345 e. The highest BCUT2D eigenvalue weighted by atomic mass is 16.2. The normalized spacial score (nSPS) is 11.2. The number of nitrogens with one attached hydrogen (secondary N) is 1. The van der Waals surface area contributed by atoms with Crippen LogP contribution in [0.2, 0.25) is 0 Å². The summed E-state index contributed by atoms with van der Waals surface area (Å²) in [5, 5.41) is 4.25. The number of rotatable bonds is 7. The number of nitrogens with zero attached hydrogens (tertiary/aromatic N) is 1. The van der Waals surface area contributed by atoms with Gasteiger partial charge >= 0.3 is 6.15 Å². The lowest BCUT2D eigenvalue weighted by Gasteiger charge is -2.17. The third kappa shape index (κ3) is 6.29. The number of benzene rings is 4. The summed E-state index contributed by atoms with van der Waals surface area (Å²) in [4.78, 5) is 29.2. The van der Waals surface area contributed by atoms with Gasteiger partial charge in [0.05, 0.1) is 6.04 Å². The highest BCUT2D eigenvalue weighted by Gasteiger charge is 2.15. The maximum atomic E-state index is 13.0. The van der Waals surface area contributed by atoms with E-state index in [0.717, 1.165) is 29.4 Å². The van der Waals surface area contributed by atoms with Gasteiger partial charge < -0.3 is 9.88 Å². The minimum Gasteiger partial charge on any atom is -0.345 e. The first-order valence-electron chi connectivity index (χ1n) is 12.2. The predicted molar refractivity (Wildman–Crippen MR) is 145 cm³/mol. The first kappa shape index (κ1) is 25.4. The average molecular weight is 489 g/mol. The van der Waals surface area contributed by atoms with E-state index in [1.165, 1.54) is 16.7 Å². The topological polar surface area (TPSA) is 68.2 Å². The Kier molecular flexibility index (Phi) is 8.43. The predicted octanol–water partition coefficient (Wildman–Crippen LogP) is 6.65. The summed E-state index contributed by atoms with van der Waals surface area (Å²) in [7, 11) is 0. The van der Waals surface area contributed by atoms with Crippen molar-refractivity contribution < 1.29 is 14.4 Å². The van der Waals surface area contributed by atoms with Gasteiger partial charge in [-0.25, -0.2) is 0 Å². The third-order valence-electron chi connectivity index (χ3n) is 6.36. The quantitative estimate of drug-likeness (QED) is 0.279. The number of carbonyl (C=O) groups is 1. The molecule has 1 atom stereocenters. The standard InChI is InChI=1S/C31H28N2O.CO2/c1-2-29(26-11-7-4-8-12-26)32-31(34)28-17-18-30-27(21-28)19-20-33(30)22-23-13-15-25(16-14-23)24-9-5-3-6-10-24;2-1-3/h3-21,29H,2,22H2,1H3,(H,32,34);. The summed E-state index contributed by atoms with van der Waals surface area (Å²) in [6.07, 6.45) is 3.19. The van der Waals surface area contributed by atoms with Crippen molar-refractivity contribution in [3.63, 3.8) is 0 Å². The van der Waals surface area contributed by atoms with Crippen molar-refractivity contribution in [2.75, 3.05) is 0 Å². The Bertz CT molecular complexity index is 1480. The van der Waals surface area contributed by atoms with E-state index in [0.29, 0.717) is 5.56 Å². The summed E-state index contributed by atoms with van der Waals surface area (Å²) >= 11 is 0. The van der Waals surface area contributed by atoms with Gasteiger partial charge in [0.2, 0.25) is 0 Å². The Morgan fingerprint density at radius 3 is 2.08 bits per heavy atom. The molecule has 4 aromatic carbocycles. The SMILES string of the molecule is CCC(NC(=O)c1ccc2c(ccn2Cc2ccc(-c3ccccc3)cc2)c1)c1ccccc1.O=C=O. The molecule has 1 aromatic heterocycles. The fourth-order valence-electron chi connectivity index (χ4n) is 4.46. The number of amides is 1. The Labute approximate surface area is 216 Å². The zero-order valence-electron chi connectivity index (χ0n) is 20.6. The lowest BCUT2D eigenvalue weighted by atomic mass is 10.0. The molecule has 1 amide bonds. The van der Waals surface area contributed by atoms with Crippen LogP contribution in [-0.2, 0) is 16.1 Å². The van der Waals surface area contributed by atoms with E-state index in [4.69, 9.17) is 9.59 Å². The lowest BCUT2D eigenvalue weighted by molar-refractivity contribution is -0.191. The Balaban J connectivity index is 0.00000102. The van der Waals surface area contributed by atoms with Crippen molar-refractivity contribution in [2.45, 2.75) is 25.9 Å². The van der Waals surface area contributed by atoms with Crippen LogP contribution in [0.15, 0.2) is 115 Å². The van der Waals surface area contributed by atoms with E-state index in [9.17, 15) is 4.79 Å². The van der Waals surface area contributed by atoms with Crippen molar-refractivity contribution in [3.05, 3.63) is 132 Å². The van der Waals surface area contributed by atoms with Crippen molar-refractivity contribution in [1.82, 2.24) is 9.88 Å². The highest BCUT2D eigenvalue weighted by molar-refractivity contribution is 5.98. The summed E-state index contributed by atoms with van der Waals surface area (Å²) < 4.78 is 2.23. The van der Waals surface area contributed by atoms with Crippen LogP contribution >= 0.6 is 0 Å². The number of hydrogen-bond acceptors (Lipinski definition) is 3. The van der Waals surface area contributed by atoms with Crippen LogP contribution in [0.5, 0.6) is 0 Å². The number of carbonyl (C=O) groups excluding carboxylic acids is 3. The van der Waals surface area contributed by atoms with Crippen molar-refractivity contribution >= 4 is 23.0 Å². The fraction of sp³-hybridized carbons (Fsp3) is 0.125. The van der Waals surface area contributed by atoms with Crippen LogP contribution in [0.4, 0.5) is 0 Å². The Hall–Kier alpha value is -4.73. The number of hydrogen-bond donors (Lipinski definition) is 1. The Morgan fingerprint density at radius 2 is 1.43 bits per heavy atom. The molecule has 5 rings (SSSR count). The number of aromatic nitrogens is 1. The molecule has 5 nitrogen and oxygen atoms in total. The first-order chi connectivity index (χ1) is 18.1. The zero-order chi connectivity index (χ0) is 26.0. The van der Waals surface area contributed by atoms with Crippen molar-refractivity contribution in [2.24, 2.45) is 0 Å². The molecule has 0 radical (unpaired) electrons. The van der Waals surface area contributed by atoms with E-state index in [-0.39, 0.29) is 18.1 Å². The molecule has 5 aromatic rings. The van der Waals surface area contributed by atoms with E-state index >= 15 is 0 Å². The second-order valence-corrected chi connectivity index (χ2v) is 8.71. The van der Waals surface area contributed by atoms with E-state index in [1.807, 2.05) is 42.5 Å². The zero-order valence-corrected chi connectivity index (χ0v) is 20.6. The highest BCUT2D eigenvalue weighted by Crippen LogP contribution is 2.23. The number of fused-ring (bicyclic) bond motifs is 1. The van der Waals surface area contributed by atoms with E-state index < -0.39 is 0 Å². The summed E-state index contributed by atoms with van der Waals surface area (Å²) in [6.45, 7) is 2.88. The molecule has 1 heterocycles. The minimum atomic E-state index is -0.0400. The summed E-state index contributed by atoms with van der Waals surface area (Å²) in [6, 6.07) is 37.3. The van der Waals surface area contributed by atoms with Gasteiger partial charge in [0.25, 0.3) is 5.91 Å². The maximum absolute atomic E-state index is 13.0. The molecule has 37 heavy (non-hydrogen) atoms. The molecule has 1 unspecified atom stereocenters. The van der Waals surface area contributed by atoms with Crippen LogP contribution in [0.1, 0.15) is 40.9 Å². The van der Waals surface area contributed by atoms with Gasteiger partial charge in [-0.15, -0.1) is 0 Å². The minimum absolute atomic E-state index is 0.00727. The molecule has 0 aliphatic carbocycles. The second-order valence-electron chi connectivity index (χ2n) is 8.71. The molecule has 0 spiro atoms. The van der Waals surface area contributed by atoms with Crippen LogP contribution in [0.25, 0.3) is 22.0 Å². The average Bonchev–Trinajstić information content (AvgIpc) is 3.35. The summed E-state index contributed by atoms with van der Waals surface area (Å²) in [5.74, 6) is -0.0400. The van der Waals surface area contributed by atoms with Gasteiger partial charge in [-0.05, 0) is 52.9 Å². The molecule has 5 heteroatoms. The van der Waals surface area contributed by atoms with Gasteiger partial charge in [-0.3, -0.25) is 4.79 Å². The van der Waals surface area contributed by atoms with Gasteiger partial charge in [0.1, 0.15) is 0 Å². The molecule has 1 N–H and O–H groups in total. The van der Waals surface area contributed by atoms with Crippen LogP contribution in [0.3, 0.4) is 0 Å². The molecule has 0 aliphatic rings. The van der Waals surface area contributed by atoms with Crippen molar-refractivity contribution in [3.8, 4) is 11.1 Å². The lowest BCUT2D eigenvalue weighted by Crippen LogP contribution is -2.28. The molecular formula is C32H28N2O3. The van der Waals surface area contributed by atoms with Crippen molar-refractivity contribution in [1.29, 1.82) is 0 Å². The largest absolute Gasteiger partial charge is 0.373 e. The molecule has 184 valence electrons. The fourth-order valence-corrected chi connectivity index (χ4v) is 4.46. The van der Waals surface area contributed by atoms with Gasteiger partial charge in [0, 0.05) is 29.2 Å². The third-order valence-corrected chi connectivity index (χ3v) is 6.36. The monoisotopic (exact) mass is 488 g/mol.